The molecule has 7 heteroatoms. The van der Waals surface area contributed by atoms with Gasteiger partial charge in [0.25, 0.3) is 5.56 Å². The van der Waals surface area contributed by atoms with E-state index in [1.54, 1.807) is 36.3 Å². The van der Waals surface area contributed by atoms with Gasteiger partial charge in [0.05, 0.1) is 31.7 Å². The maximum atomic E-state index is 13.2. The van der Waals surface area contributed by atoms with Crippen LogP contribution in [0.15, 0.2) is 41.2 Å². The van der Waals surface area contributed by atoms with Crippen LogP contribution in [0.25, 0.3) is 10.9 Å². The Hall–Kier alpha value is -3.09. The fourth-order valence-corrected chi connectivity index (χ4v) is 2.85. The number of methoxy groups -OCH3 is 2. The van der Waals surface area contributed by atoms with E-state index in [1.165, 1.54) is 19.2 Å². The zero-order valence-electron chi connectivity index (χ0n) is 15.1. The van der Waals surface area contributed by atoms with Crippen molar-refractivity contribution in [3.63, 3.8) is 0 Å². The number of halogens is 1. The quantitative estimate of drug-likeness (QED) is 0.703. The molecule has 3 aromatic rings. The third kappa shape index (κ3) is 3.20. The van der Waals surface area contributed by atoms with Gasteiger partial charge in [0.1, 0.15) is 5.82 Å². The maximum absolute atomic E-state index is 13.2. The maximum Gasteiger partial charge on any atom is 0.282 e. The van der Waals surface area contributed by atoms with Crippen LogP contribution in [0, 0.1) is 5.82 Å². The molecule has 0 spiro atoms. The molecule has 0 aliphatic rings. The largest absolute Gasteiger partial charge is 0.493 e. The lowest BCUT2D eigenvalue weighted by atomic mass is 10.2. The smallest absolute Gasteiger partial charge is 0.282 e. The van der Waals surface area contributed by atoms with Gasteiger partial charge in [-0.15, -0.1) is 0 Å². The molecule has 0 atom stereocenters. The van der Waals surface area contributed by atoms with Crippen LogP contribution in [0.3, 0.4) is 0 Å². The monoisotopic (exact) mass is 357 g/mol. The summed E-state index contributed by atoms with van der Waals surface area (Å²) in [5.74, 6) is 1.18. The minimum absolute atomic E-state index is 0.295. The van der Waals surface area contributed by atoms with Gasteiger partial charge < -0.3 is 18.9 Å². The summed E-state index contributed by atoms with van der Waals surface area (Å²) < 4.78 is 25.8. The van der Waals surface area contributed by atoms with Crippen LogP contribution in [0.5, 0.6) is 11.5 Å². The third-order valence-electron chi connectivity index (χ3n) is 4.12. The van der Waals surface area contributed by atoms with Crippen molar-refractivity contribution in [2.24, 2.45) is 0 Å². The highest BCUT2D eigenvalue weighted by atomic mass is 19.1. The average Bonchev–Trinajstić information content (AvgIpc) is 2.64. The lowest BCUT2D eigenvalue weighted by Gasteiger charge is -2.21. The fraction of sp³-hybridized carbons (Fsp3) is 0.263. The number of aromatic nitrogens is 2. The molecule has 0 fully saturated rings. The van der Waals surface area contributed by atoms with Crippen molar-refractivity contribution in [1.82, 2.24) is 9.55 Å². The number of fused-ring (bicyclic) bond motifs is 1. The number of ether oxygens (including phenoxy) is 2. The van der Waals surface area contributed by atoms with Gasteiger partial charge in [-0.3, -0.25) is 4.79 Å². The summed E-state index contributed by atoms with van der Waals surface area (Å²) in [6.45, 7) is 0.424. The number of hydrogen-bond acceptors (Lipinski definition) is 5. The van der Waals surface area contributed by atoms with Crippen molar-refractivity contribution in [3.8, 4) is 11.5 Å². The van der Waals surface area contributed by atoms with Gasteiger partial charge in [-0.2, -0.15) is 4.98 Å². The van der Waals surface area contributed by atoms with E-state index in [0.717, 1.165) is 5.56 Å². The molecular weight excluding hydrogens is 337 g/mol. The molecule has 0 aliphatic heterocycles. The van der Waals surface area contributed by atoms with Crippen LogP contribution in [0.1, 0.15) is 5.56 Å². The molecule has 0 N–H and O–H groups in total. The minimum Gasteiger partial charge on any atom is -0.493 e. The van der Waals surface area contributed by atoms with Crippen LogP contribution in [-0.2, 0) is 6.54 Å². The topological polar surface area (TPSA) is 56.6 Å². The van der Waals surface area contributed by atoms with Crippen molar-refractivity contribution in [3.05, 3.63) is 58.1 Å². The van der Waals surface area contributed by atoms with Gasteiger partial charge in [0.15, 0.2) is 11.5 Å². The highest BCUT2D eigenvalue weighted by Crippen LogP contribution is 2.32. The molecule has 0 amide bonds. The minimum atomic E-state index is -0.347. The van der Waals surface area contributed by atoms with Gasteiger partial charge in [0, 0.05) is 20.2 Å². The van der Waals surface area contributed by atoms with Crippen LogP contribution in [-0.4, -0.2) is 37.9 Å². The molecular formula is C19H20FN3O3. The molecule has 0 saturated heterocycles. The molecule has 6 nitrogen and oxygen atoms in total. The van der Waals surface area contributed by atoms with E-state index in [4.69, 9.17) is 9.47 Å². The predicted octanol–water partition coefficient (Wildman–Crippen LogP) is 2.67. The first-order chi connectivity index (χ1) is 12.4. The SMILES string of the molecule is COc1cc2c(=O)nc(N(C)C)n(Cc3ccc(F)cc3)c2cc1OC. The van der Waals surface area contributed by atoms with Crippen molar-refractivity contribution >= 4 is 16.9 Å². The Balaban J connectivity index is 2.29. The summed E-state index contributed by atoms with van der Waals surface area (Å²) in [6, 6.07) is 9.62. The molecule has 0 saturated carbocycles. The Morgan fingerprint density at radius 3 is 2.27 bits per heavy atom. The zero-order chi connectivity index (χ0) is 18.8. The molecule has 3 rings (SSSR count). The molecule has 26 heavy (non-hydrogen) atoms. The summed E-state index contributed by atoms with van der Waals surface area (Å²) in [5, 5.41) is 0.426. The first kappa shape index (κ1) is 17.7. The van der Waals surface area contributed by atoms with Crippen molar-refractivity contribution in [1.29, 1.82) is 0 Å². The van der Waals surface area contributed by atoms with Gasteiger partial charge in [-0.1, -0.05) is 12.1 Å². The molecule has 136 valence electrons. The highest BCUT2D eigenvalue weighted by molar-refractivity contribution is 5.83. The normalized spacial score (nSPS) is 10.8. The zero-order valence-corrected chi connectivity index (χ0v) is 15.1. The Morgan fingerprint density at radius 1 is 1.08 bits per heavy atom. The van der Waals surface area contributed by atoms with Crippen molar-refractivity contribution in [2.75, 3.05) is 33.2 Å². The fourth-order valence-electron chi connectivity index (χ4n) is 2.85. The van der Waals surface area contributed by atoms with Crippen LogP contribution >= 0.6 is 0 Å². The molecule has 0 aliphatic carbocycles. The molecule has 0 bridgehead atoms. The molecule has 1 heterocycles. The summed E-state index contributed by atoms with van der Waals surface area (Å²) in [4.78, 5) is 18.5. The predicted molar refractivity (Wildman–Crippen MR) is 98.9 cm³/mol. The van der Waals surface area contributed by atoms with E-state index in [2.05, 4.69) is 4.98 Å². The highest BCUT2D eigenvalue weighted by Gasteiger charge is 2.16. The van der Waals surface area contributed by atoms with Gasteiger partial charge in [-0.25, -0.2) is 4.39 Å². The number of nitrogens with zero attached hydrogens (tertiary/aromatic N) is 3. The Morgan fingerprint density at radius 2 is 1.69 bits per heavy atom. The summed E-state index contributed by atoms with van der Waals surface area (Å²) in [5.41, 5.74) is 1.20. The Labute approximate surface area is 150 Å². The Bertz CT molecular complexity index is 998. The van der Waals surface area contributed by atoms with Crippen LogP contribution < -0.4 is 19.9 Å². The van der Waals surface area contributed by atoms with E-state index >= 15 is 0 Å². The van der Waals surface area contributed by atoms with Crippen LogP contribution in [0.4, 0.5) is 10.3 Å². The van der Waals surface area contributed by atoms with E-state index in [1.807, 2.05) is 18.7 Å². The Kier molecular flexibility index (Phi) is 4.79. The van der Waals surface area contributed by atoms with E-state index < -0.39 is 0 Å². The second kappa shape index (κ2) is 7.03. The number of rotatable bonds is 5. The van der Waals surface area contributed by atoms with E-state index in [9.17, 15) is 9.18 Å². The van der Waals surface area contributed by atoms with Gasteiger partial charge in [-0.05, 0) is 23.8 Å². The molecule has 1 aromatic heterocycles. The number of hydrogen-bond donors (Lipinski definition) is 0. The second-order valence-electron chi connectivity index (χ2n) is 6.05. The molecule has 2 aromatic carbocycles. The van der Waals surface area contributed by atoms with Crippen molar-refractivity contribution < 1.29 is 13.9 Å². The molecule has 0 unspecified atom stereocenters. The standard InChI is InChI=1S/C19H20FN3O3/c1-22(2)19-21-18(24)14-9-16(25-3)17(26-4)10-15(14)23(19)11-12-5-7-13(20)8-6-12/h5-10H,11H2,1-4H3. The summed E-state index contributed by atoms with van der Waals surface area (Å²) in [6.07, 6.45) is 0. The lowest BCUT2D eigenvalue weighted by molar-refractivity contribution is 0.355. The first-order valence-electron chi connectivity index (χ1n) is 8.03. The van der Waals surface area contributed by atoms with Crippen LogP contribution in [0.2, 0.25) is 0 Å². The third-order valence-corrected chi connectivity index (χ3v) is 4.12. The van der Waals surface area contributed by atoms with Gasteiger partial charge >= 0.3 is 0 Å². The summed E-state index contributed by atoms with van der Waals surface area (Å²) >= 11 is 0. The van der Waals surface area contributed by atoms with E-state index in [0.29, 0.717) is 34.9 Å². The summed E-state index contributed by atoms with van der Waals surface area (Å²) in [7, 11) is 6.69. The number of anilines is 1. The second-order valence-corrected chi connectivity index (χ2v) is 6.05. The van der Waals surface area contributed by atoms with E-state index in [-0.39, 0.29) is 11.4 Å². The van der Waals surface area contributed by atoms with Gasteiger partial charge in [0.2, 0.25) is 5.95 Å². The first-order valence-corrected chi connectivity index (χ1v) is 8.03. The van der Waals surface area contributed by atoms with Crippen molar-refractivity contribution in [2.45, 2.75) is 6.54 Å². The lowest BCUT2D eigenvalue weighted by Crippen LogP contribution is -2.24. The molecule has 0 radical (unpaired) electrons. The average molecular weight is 357 g/mol. The number of benzene rings is 2.